The van der Waals surface area contributed by atoms with Gasteiger partial charge in [0.2, 0.25) is 0 Å². The highest BCUT2D eigenvalue weighted by molar-refractivity contribution is 9.10. The lowest BCUT2D eigenvalue weighted by atomic mass is 10.3. The second-order valence-electron chi connectivity index (χ2n) is 4.13. The highest BCUT2D eigenvalue weighted by atomic mass is 79.9. The van der Waals surface area contributed by atoms with Gasteiger partial charge in [0.15, 0.2) is 0 Å². The molecule has 1 fully saturated rings. The van der Waals surface area contributed by atoms with Crippen LogP contribution in [0.2, 0.25) is 0 Å². The smallest absolute Gasteiger partial charge is 0.133 e. The first kappa shape index (κ1) is 12.9. The van der Waals surface area contributed by atoms with Crippen molar-refractivity contribution in [2.24, 2.45) is 0 Å². The Labute approximate surface area is 111 Å². The summed E-state index contributed by atoms with van der Waals surface area (Å²) < 4.78 is 12.4. The first-order valence-electron chi connectivity index (χ1n) is 6.01. The van der Waals surface area contributed by atoms with E-state index in [1.54, 1.807) is 0 Å². The number of likely N-dealkylation sites (N-methyl/N-ethyl adjacent to an activating group) is 1. The summed E-state index contributed by atoms with van der Waals surface area (Å²) in [4.78, 5) is 2.39. The molecular weight excluding hydrogens is 282 g/mol. The van der Waals surface area contributed by atoms with Crippen molar-refractivity contribution < 1.29 is 9.47 Å². The Bertz CT molecular complexity index is 359. The fraction of sp³-hybridized carbons (Fsp3) is 0.538. The molecule has 2 rings (SSSR count). The van der Waals surface area contributed by atoms with Crippen LogP contribution in [0.4, 0.5) is 0 Å². The van der Waals surface area contributed by atoms with Gasteiger partial charge in [0.05, 0.1) is 11.1 Å². The highest BCUT2D eigenvalue weighted by Gasteiger charge is 2.19. The molecule has 1 aliphatic heterocycles. The molecule has 0 bridgehead atoms. The van der Waals surface area contributed by atoms with E-state index in [4.69, 9.17) is 9.47 Å². The van der Waals surface area contributed by atoms with Crippen molar-refractivity contribution >= 4 is 15.9 Å². The van der Waals surface area contributed by atoms with Gasteiger partial charge >= 0.3 is 0 Å². The number of rotatable bonds is 4. The van der Waals surface area contributed by atoms with Crippen LogP contribution in [0, 0.1) is 0 Å². The van der Waals surface area contributed by atoms with Crippen LogP contribution in [0.25, 0.3) is 0 Å². The molecule has 0 saturated carbocycles. The number of para-hydroxylation sites is 1. The Morgan fingerprint density at radius 2 is 2.29 bits per heavy atom. The van der Waals surface area contributed by atoms with Gasteiger partial charge in [-0.25, -0.2) is 0 Å². The van der Waals surface area contributed by atoms with Crippen molar-refractivity contribution in [3.8, 4) is 5.75 Å². The summed E-state index contributed by atoms with van der Waals surface area (Å²) in [5.41, 5.74) is 0. The van der Waals surface area contributed by atoms with Gasteiger partial charge in [0, 0.05) is 13.1 Å². The standard InChI is InChI=1S/C13H18BrNO2/c1-2-15-7-8-16-11(9-15)10-17-13-6-4-3-5-12(13)14/h3-6,11H,2,7-10H2,1H3/t11-/m1/s1. The lowest BCUT2D eigenvalue weighted by molar-refractivity contribution is -0.0465. The van der Waals surface area contributed by atoms with Gasteiger partial charge in [-0.3, -0.25) is 4.90 Å². The zero-order chi connectivity index (χ0) is 12.1. The van der Waals surface area contributed by atoms with E-state index >= 15 is 0 Å². The third-order valence-corrected chi connectivity index (χ3v) is 3.59. The molecule has 3 nitrogen and oxygen atoms in total. The summed E-state index contributed by atoms with van der Waals surface area (Å²) in [7, 11) is 0. The van der Waals surface area contributed by atoms with Crippen molar-refractivity contribution in [2.75, 3.05) is 32.8 Å². The van der Waals surface area contributed by atoms with Crippen LogP contribution in [0.1, 0.15) is 6.92 Å². The van der Waals surface area contributed by atoms with Gasteiger partial charge in [-0.2, -0.15) is 0 Å². The molecule has 17 heavy (non-hydrogen) atoms. The molecule has 0 radical (unpaired) electrons. The van der Waals surface area contributed by atoms with Crippen LogP contribution in [0.3, 0.4) is 0 Å². The minimum Gasteiger partial charge on any atom is -0.490 e. The fourth-order valence-electron chi connectivity index (χ4n) is 1.91. The number of benzene rings is 1. The Kier molecular flexibility index (Phi) is 4.83. The predicted molar refractivity (Wildman–Crippen MR) is 71.5 cm³/mol. The monoisotopic (exact) mass is 299 g/mol. The summed E-state index contributed by atoms with van der Waals surface area (Å²) in [6.07, 6.45) is 0.177. The van der Waals surface area contributed by atoms with Gasteiger partial charge in [0.25, 0.3) is 0 Å². The molecule has 1 heterocycles. The Morgan fingerprint density at radius 3 is 3.06 bits per heavy atom. The minimum absolute atomic E-state index is 0.177. The molecule has 0 amide bonds. The van der Waals surface area contributed by atoms with E-state index in [0.29, 0.717) is 6.61 Å². The van der Waals surface area contributed by atoms with Crippen LogP contribution in [0.5, 0.6) is 5.75 Å². The van der Waals surface area contributed by atoms with Crippen molar-refractivity contribution in [2.45, 2.75) is 13.0 Å². The zero-order valence-corrected chi connectivity index (χ0v) is 11.6. The number of ether oxygens (including phenoxy) is 2. The van der Waals surface area contributed by atoms with E-state index in [1.807, 2.05) is 24.3 Å². The van der Waals surface area contributed by atoms with Gasteiger partial charge in [-0.05, 0) is 34.6 Å². The molecule has 1 aromatic carbocycles. The molecule has 0 aliphatic carbocycles. The summed E-state index contributed by atoms with van der Waals surface area (Å²) in [5, 5.41) is 0. The van der Waals surface area contributed by atoms with Crippen molar-refractivity contribution in [1.29, 1.82) is 0 Å². The van der Waals surface area contributed by atoms with Gasteiger partial charge in [-0.15, -0.1) is 0 Å². The second kappa shape index (κ2) is 6.38. The normalized spacial score (nSPS) is 21.4. The number of nitrogens with zero attached hydrogens (tertiary/aromatic N) is 1. The van der Waals surface area contributed by atoms with E-state index in [2.05, 4.69) is 27.8 Å². The first-order chi connectivity index (χ1) is 8.29. The van der Waals surface area contributed by atoms with E-state index < -0.39 is 0 Å². The van der Waals surface area contributed by atoms with E-state index in [1.165, 1.54) is 0 Å². The third-order valence-electron chi connectivity index (χ3n) is 2.93. The molecule has 1 saturated heterocycles. The third kappa shape index (κ3) is 3.69. The Balaban J connectivity index is 1.84. The molecule has 1 atom stereocenters. The largest absolute Gasteiger partial charge is 0.490 e. The molecule has 1 aliphatic rings. The average molecular weight is 300 g/mol. The van der Waals surface area contributed by atoms with E-state index in [0.717, 1.165) is 36.5 Å². The summed E-state index contributed by atoms with van der Waals surface area (Å²) in [5.74, 6) is 0.879. The van der Waals surface area contributed by atoms with E-state index in [9.17, 15) is 0 Å². The van der Waals surface area contributed by atoms with E-state index in [-0.39, 0.29) is 6.10 Å². The summed E-state index contributed by atoms with van der Waals surface area (Å²) >= 11 is 3.47. The lowest BCUT2D eigenvalue weighted by Gasteiger charge is -2.31. The average Bonchev–Trinajstić information content (AvgIpc) is 2.38. The zero-order valence-electron chi connectivity index (χ0n) is 10.1. The molecule has 0 N–H and O–H groups in total. The van der Waals surface area contributed by atoms with Gasteiger partial charge < -0.3 is 9.47 Å². The number of morpholine rings is 1. The molecule has 94 valence electrons. The highest BCUT2D eigenvalue weighted by Crippen LogP contribution is 2.24. The van der Waals surface area contributed by atoms with Crippen LogP contribution in [-0.4, -0.2) is 43.9 Å². The number of hydrogen-bond acceptors (Lipinski definition) is 3. The Morgan fingerprint density at radius 1 is 1.47 bits per heavy atom. The van der Waals surface area contributed by atoms with Crippen LogP contribution < -0.4 is 4.74 Å². The van der Waals surface area contributed by atoms with Gasteiger partial charge in [0.1, 0.15) is 18.5 Å². The molecule has 0 aromatic heterocycles. The second-order valence-corrected chi connectivity index (χ2v) is 4.98. The molecule has 1 aromatic rings. The van der Waals surface area contributed by atoms with Crippen molar-refractivity contribution in [3.63, 3.8) is 0 Å². The maximum Gasteiger partial charge on any atom is 0.133 e. The quantitative estimate of drug-likeness (QED) is 0.853. The van der Waals surface area contributed by atoms with Crippen LogP contribution >= 0.6 is 15.9 Å². The molecule has 0 unspecified atom stereocenters. The summed E-state index contributed by atoms with van der Waals surface area (Å²) in [6.45, 7) is 6.66. The molecular formula is C13H18BrNO2. The molecule has 4 heteroatoms. The van der Waals surface area contributed by atoms with Crippen LogP contribution in [-0.2, 0) is 4.74 Å². The minimum atomic E-state index is 0.177. The Hall–Kier alpha value is -0.580. The van der Waals surface area contributed by atoms with Crippen molar-refractivity contribution in [3.05, 3.63) is 28.7 Å². The topological polar surface area (TPSA) is 21.7 Å². The summed E-state index contributed by atoms with van der Waals surface area (Å²) in [6, 6.07) is 7.90. The lowest BCUT2D eigenvalue weighted by Crippen LogP contribution is -2.44. The number of halogens is 1. The number of hydrogen-bond donors (Lipinski definition) is 0. The maximum atomic E-state index is 5.77. The molecule has 0 spiro atoms. The van der Waals surface area contributed by atoms with Crippen LogP contribution in [0.15, 0.2) is 28.7 Å². The van der Waals surface area contributed by atoms with Gasteiger partial charge in [-0.1, -0.05) is 19.1 Å². The van der Waals surface area contributed by atoms with Crippen molar-refractivity contribution in [1.82, 2.24) is 4.90 Å². The maximum absolute atomic E-state index is 5.77. The fourth-order valence-corrected chi connectivity index (χ4v) is 2.31. The first-order valence-corrected chi connectivity index (χ1v) is 6.80. The predicted octanol–water partition coefficient (Wildman–Crippen LogP) is 2.55. The SMILES string of the molecule is CCN1CCO[C@@H](COc2ccccc2Br)C1.